The smallest absolute Gasteiger partial charge is 0.335 e. The Morgan fingerprint density at radius 2 is 2.00 bits per heavy atom. The third kappa shape index (κ3) is 1.99. The molecule has 0 aliphatic heterocycles. The van der Waals surface area contributed by atoms with Crippen molar-refractivity contribution in [2.45, 2.75) is 6.92 Å². The van der Waals surface area contributed by atoms with Gasteiger partial charge in [-0.1, -0.05) is 6.58 Å². The molecule has 0 saturated carbocycles. The van der Waals surface area contributed by atoms with E-state index in [1.807, 2.05) is 0 Å². The van der Waals surface area contributed by atoms with Gasteiger partial charge in [-0.15, -0.1) is 0 Å². The predicted octanol–water partition coefficient (Wildman–Crippen LogP) is 1.09. The van der Waals surface area contributed by atoms with Crippen molar-refractivity contribution in [1.29, 1.82) is 0 Å². The van der Waals surface area contributed by atoms with Gasteiger partial charge in [-0.25, -0.2) is 4.79 Å². The molecule has 0 amide bonds. The summed E-state index contributed by atoms with van der Waals surface area (Å²) in [6, 6.07) is 0. The van der Waals surface area contributed by atoms with E-state index in [0.717, 1.165) is 6.08 Å². The van der Waals surface area contributed by atoms with Crippen molar-refractivity contribution in [3.8, 4) is 0 Å². The summed E-state index contributed by atoms with van der Waals surface area (Å²) in [7, 11) is 0. The van der Waals surface area contributed by atoms with Gasteiger partial charge in [0.2, 0.25) is 0 Å². The van der Waals surface area contributed by atoms with Gasteiger partial charge in [0.25, 0.3) is 0 Å². The molecule has 0 fully saturated rings. The summed E-state index contributed by atoms with van der Waals surface area (Å²) in [5.74, 6) is -1.42. The molecular weight excluding hydrogens is 120 g/mol. The molecule has 9 heavy (non-hydrogen) atoms. The van der Waals surface area contributed by atoms with Crippen LogP contribution in [0, 0.1) is 0 Å². The van der Waals surface area contributed by atoms with E-state index in [1.165, 1.54) is 6.92 Å². The zero-order chi connectivity index (χ0) is 7.44. The molecular formula is C6H8O3. The molecule has 0 spiro atoms. The van der Waals surface area contributed by atoms with Crippen molar-refractivity contribution in [3.63, 3.8) is 0 Å². The highest BCUT2D eigenvalue weighted by Crippen LogP contribution is 1.99. The number of hydrogen-bond donors (Lipinski definition) is 2. The van der Waals surface area contributed by atoms with Gasteiger partial charge in [0, 0.05) is 0 Å². The van der Waals surface area contributed by atoms with Crippen LogP contribution in [0.3, 0.4) is 0 Å². The van der Waals surface area contributed by atoms with Crippen LogP contribution in [-0.2, 0) is 4.79 Å². The fourth-order valence-corrected chi connectivity index (χ4v) is 0.263. The Bertz CT molecular complexity index is 167. The maximum absolute atomic E-state index is 10.0. The number of rotatable bonds is 2. The first-order valence-corrected chi connectivity index (χ1v) is 2.35. The summed E-state index contributed by atoms with van der Waals surface area (Å²) in [6.45, 7) is 4.50. The van der Waals surface area contributed by atoms with Crippen molar-refractivity contribution in [2.75, 3.05) is 0 Å². The van der Waals surface area contributed by atoms with Crippen molar-refractivity contribution in [3.05, 3.63) is 24.0 Å². The second-order valence-electron chi connectivity index (χ2n) is 1.52. The molecule has 0 aliphatic rings. The maximum Gasteiger partial charge on any atom is 0.335 e. The number of carboxylic acids is 1. The van der Waals surface area contributed by atoms with Gasteiger partial charge in [0.15, 0.2) is 0 Å². The van der Waals surface area contributed by atoms with E-state index in [1.54, 1.807) is 0 Å². The van der Waals surface area contributed by atoms with Gasteiger partial charge in [0.1, 0.15) is 5.76 Å². The molecule has 0 radical (unpaired) electrons. The van der Waals surface area contributed by atoms with Gasteiger partial charge in [-0.2, -0.15) is 0 Å². The van der Waals surface area contributed by atoms with E-state index < -0.39 is 5.97 Å². The SMILES string of the molecule is C=CC(O)=C(C)C(=O)O. The molecule has 0 saturated heterocycles. The van der Waals surface area contributed by atoms with E-state index in [2.05, 4.69) is 6.58 Å². The van der Waals surface area contributed by atoms with Gasteiger partial charge < -0.3 is 10.2 Å². The van der Waals surface area contributed by atoms with Crippen LogP contribution < -0.4 is 0 Å². The van der Waals surface area contributed by atoms with E-state index >= 15 is 0 Å². The minimum atomic E-state index is -1.13. The average Bonchev–Trinajstić information content (AvgIpc) is 1.84. The number of hydrogen-bond acceptors (Lipinski definition) is 2. The van der Waals surface area contributed by atoms with Crippen LogP contribution in [-0.4, -0.2) is 16.2 Å². The first-order valence-electron chi connectivity index (χ1n) is 2.35. The predicted molar refractivity (Wildman–Crippen MR) is 33.2 cm³/mol. The Hall–Kier alpha value is -1.25. The Kier molecular flexibility index (Phi) is 2.51. The lowest BCUT2D eigenvalue weighted by molar-refractivity contribution is -0.132. The van der Waals surface area contributed by atoms with Gasteiger partial charge in [-0.05, 0) is 13.0 Å². The highest BCUT2D eigenvalue weighted by atomic mass is 16.4. The highest BCUT2D eigenvalue weighted by Gasteiger charge is 2.03. The normalized spacial score (nSPS) is 12.1. The van der Waals surface area contributed by atoms with Crippen LogP contribution in [0.2, 0.25) is 0 Å². The molecule has 50 valence electrons. The standard InChI is InChI=1S/C6H8O3/c1-3-5(7)4(2)6(8)9/h3,7H,1H2,2H3,(H,8,9). The van der Waals surface area contributed by atoms with Gasteiger partial charge >= 0.3 is 5.97 Å². The van der Waals surface area contributed by atoms with E-state index in [-0.39, 0.29) is 11.3 Å². The molecule has 0 rings (SSSR count). The van der Waals surface area contributed by atoms with Crippen molar-refractivity contribution in [1.82, 2.24) is 0 Å². The van der Waals surface area contributed by atoms with E-state index in [9.17, 15) is 4.79 Å². The first-order chi connectivity index (χ1) is 4.09. The lowest BCUT2D eigenvalue weighted by Gasteiger charge is -1.92. The summed E-state index contributed by atoms with van der Waals surface area (Å²) in [6.07, 6.45) is 1.09. The zero-order valence-electron chi connectivity index (χ0n) is 5.09. The lowest BCUT2D eigenvalue weighted by atomic mass is 10.2. The second-order valence-corrected chi connectivity index (χ2v) is 1.52. The molecule has 0 aromatic rings. The molecule has 0 aromatic heterocycles. The van der Waals surface area contributed by atoms with Gasteiger partial charge in [-0.3, -0.25) is 0 Å². The number of allylic oxidation sites excluding steroid dienone is 1. The average molecular weight is 128 g/mol. The maximum atomic E-state index is 10.0. The fourth-order valence-electron chi connectivity index (χ4n) is 0.263. The summed E-state index contributed by atoms with van der Waals surface area (Å²) in [5, 5.41) is 16.9. The zero-order valence-corrected chi connectivity index (χ0v) is 5.09. The van der Waals surface area contributed by atoms with Crippen LogP contribution in [0.25, 0.3) is 0 Å². The quantitative estimate of drug-likeness (QED) is 0.332. The topological polar surface area (TPSA) is 57.5 Å². The van der Waals surface area contributed by atoms with Crippen LogP contribution >= 0.6 is 0 Å². The summed E-state index contributed by atoms with van der Waals surface area (Å²) >= 11 is 0. The fraction of sp³-hybridized carbons (Fsp3) is 0.167. The molecule has 0 atom stereocenters. The Morgan fingerprint density at radius 1 is 1.56 bits per heavy atom. The Labute approximate surface area is 52.9 Å². The number of aliphatic hydroxyl groups excluding tert-OH is 1. The molecule has 0 bridgehead atoms. The third-order valence-corrected chi connectivity index (χ3v) is 0.898. The number of carbonyl (C=O) groups is 1. The van der Waals surface area contributed by atoms with Crippen molar-refractivity contribution >= 4 is 5.97 Å². The number of aliphatic hydroxyl groups is 1. The second kappa shape index (κ2) is 2.91. The van der Waals surface area contributed by atoms with Crippen LogP contribution in [0.4, 0.5) is 0 Å². The minimum Gasteiger partial charge on any atom is -0.507 e. The molecule has 3 heteroatoms. The molecule has 0 aliphatic carbocycles. The molecule has 2 N–H and O–H groups in total. The van der Waals surface area contributed by atoms with Crippen LogP contribution in [0.5, 0.6) is 0 Å². The summed E-state index contributed by atoms with van der Waals surface area (Å²) in [5.41, 5.74) is -0.0926. The number of aliphatic carboxylic acids is 1. The van der Waals surface area contributed by atoms with Crippen LogP contribution in [0.15, 0.2) is 24.0 Å². The summed E-state index contributed by atoms with van der Waals surface area (Å²) < 4.78 is 0. The largest absolute Gasteiger partial charge is 0.507 e. The lowest BCUT2D eigenvalue weighted by Crippen LogP contribution is -1.98. The third-order valence-electron chi connectivity index (χ3n) is 0.898. The Balaban J connectivity index is 4.47. The van der Waals surface area contributed by atoms with Crippen LogP contribution in [0.1, 0.15) is 6.92 Å². The van der Waals surface area contributed by atoms with Gasteiger partial charge in [0.05, 0.1) is 5.57 Å². The Morgan fingerprint density at radius 3 is 2.11 bits per heavy atom. The highest BCUT2D eigenvalue weighted by molar-refractivity contribution is 5.86. The first kappa shape index (κ1) is 7.75. The van der Waals surface area contributed by atoms with E-state index in [0.29, 0.717) is 0 Å². The number of carboxylic acid groups (broad SMARTS) is 1. The molecule has 0 aromatic carbocycles. The van der Waals surface area contributed by atoms with Crippen molar-refractivity contribution in [2.24, 2.45) is 0 Å². The minimum absolute atomic E-state index is 0.0926. The molecule has 0 unspecified atom stereocenters. The molecule has 3 nitrogen and oxygen atoms in total. The molecule has 0 heterocycles. The van der Waals surface area contributed by atoms with Crippen molar-refractivity contribution < 1.29 is 15.0 Å². The monoisotopic (exact) mass is 128 g/mol. The summed E-state index contributed by atoms with van der Waals surface area (Å²) in [4.78, 5) is 10.0. The van der Waals surface area contributed by atoms with E-state index in [4.69, 9.17) is 10.2 Å².